The first kappa shape index (κ1) is 22.2. The molecule has 26 heavy (non-hydrogen) atoms. The largest absolute Gasteiger partial charge is 0.376 e. The number of nitrogens with one attached hydrogen (secondary N) is 1. The normalized spacial score (nSPS) is 28.5. The highest BCUT2D eigenvalue weighted by atomic mass is 127. The molecule has 0 radical (unpaired) electrons. The molecule has 2 heterocycles. The predicted molar refractivity (Wildman–Crippen MR) is 115 cm³/mol. The van der Waals surface area contributed by atoms with Gasteiger partial charge in [-0.15, -0.1) is 24.0 Å². The van der Waals surface area contributed by atoms with Crippen molar-refractivity contribution < 1.29 is 14.2 Å². The fourth-order valence-corrected chi connectivity index (χ4v) is 4.12. The summed E-state index contributed by atoms with van der Waals surface area (Å²) in [5, 5.41) is 3.46. The first-order valence-corrected chi connectivity index (χ1v) is 10.2. The number of rotatable bonds is 5. The Morgan fingerprint density at radius 1 is 1.04 bits per heavy atom. The topological polar surface area (TPSA) is 55.3 Å². The molecular weight excluding hydrogens is 445 g/mol. The molecule has 3 aliphatic rings. The lowest BCUT2D eigenvalue weighted by atomic mass is 10.1. The van der Waals surface area contributed by atoms with E-state index in [4.69, 9.17) is 14.2 Å². The molecule has 0 spiro atoms. The summed E-state index contributed by atoms with van der Waals surface area (Å²) in [6, 6.07) is 0. The lowest BCUT2D eigenvalue weighted by Crippen LogP contribution is -2.53. The Bertz CT molecular complexity index is 411. The van der Waals surface area contributed by atoms with Gasteiger partial charge in [0, 0.05) is 33.3 Å². The number of ether oxygens (including phenoxy) is 3. The van der Waals surface area contributed by atoms with Crippen LogP contribution in [-0.4, -0.2) is 75.7 Å². The highest BCUT2D eigenvalue weighted by molar-refractivity contribution is 14.0. The molecule has 2 atom stereocenters. The summed E-state index contributed by atoms with van der Waals surface area (Å²) in [4.78, 5) is 6.74. The molecule has 1 N–H and O–H groups in total. The summed E-state index contributed by atoms with van der Waals surface area (Å²) in [6.45, 7) is 4.91. The van der Waals surface area contributed by atoms with Crippen LogP contribution in [0.4, 0.5) is 0 Å². The molecule has 0 amide bonds. The lowest BCUT2D eigenvalue weighted by Gasteiger charge is -2.37. The van der Waals surface area contributed by atoms with Crippen molar-refractivity contribution in [2.24, 2.45) is 4.99 Å². The predicted octanol–water partition coefficient (Wildman–Crippen LogP) is 2.80. The molecule has 2 unspecified atom stereocenters. The van der Waals surface area contributed by atoms with Crippen molar-refractivity contribution >= 4 is 29.9 Å². The molecule has 3 fully saturated rings. The number of morpholine rings is 1. The zero-order valence-corrected chi connectivity index (χ0v) is 18.5. The summed E-state index contributed by atoms with van der Waals surface area (Å²) < 4.78 is 17.8. The second kappa shape index (κ2) is 12.4. The van der Waals surface area contributed by atoms with Gasteiger partial charge in [0.25, 0.3) is 0 Å². The molecule has 0 aromatic carbocycles. The molecule has 2 aliphatic heterocycles. The molecule has 152 valence electrons. The number of nitrogens with zero attached hydrogens (tertiary/aromatic N) is 2. The maximum absolute atomic E-state index is 6.07. The van der Waals surface area contributed by atoms with E-state index in [0.29, 0.717) is 6.10 Å². The van der Waals surface area contributed by atoms with Gasteiger partial charge in [-0.25, -0.2) is 0 Å². The van der Waals surface area contributed by atoms with Crippen LogP contribution in [0, 0.1) is 0 Å². The molecule has 1 aliphatic carbocycles. The van der Waals surface area contributed by atoms with Crippen molar-refractivity contribution in [1.29, 1.82) is 0 Å². The van der Waals surface area contributed by atoms with Crippen molar-refractivity contribution in [2.45, 2.75) is 69.7 Å². The summed E-state index contributed by atoms with van der Waals surface area (Å²) in [7, 11) is 1.85. The van der Waals surface area contributed by atoms with Crippen LogP contribution < -0.4 is 5.32 Å². The Hall–Kier alpha value is -0.120. The Labute approximate surface area is 175 Å². The number of hydrogen-bond donors (Lipinski definition) is 1. The molecule has 1 saturated carbocycles. The summed E-state index contributed by atoms with van der Waals surface area (Å²) in [6.07, 6.45) is 10.9. The van der Waals surface area contributed by atoms with Crippen LogP contribution in [0.3, 0.4) is 0 Å². The summed E-state index contributed by atoms with van der Waals surface area (Å²) >= 11 is 0. The second-order valence-corrected chi connectivity index (χ2v) is 7.37. The number of aliphatic imine (C=N–C) groups is 1. The lowest BCUT2D eigenvalue weighted by molar-refractivity contribution is -0.0817. The third kappa shape index (κ3) is 6.80. The van der Waals surface area contributed by atoms with Crippen molar-refractivity contribution in [1.82, 2.24) is 10.2 Å². The average molecular weight is 481 g/mol. The van der Waals surface area contributed by atoms with E-state index in [1.807, 2.05) is 7.05 Å². The van der Waals surface area contributed by atoms with Crippen molar-refractivity contribution in [3.63, 3.8) is 0 Å². The first-order valence-electron chi connectivity index (χ1n) is 10.2. The molecule has 0 aromatic heterocycles. The van der Waals surface area contributed by atoms with Crippen LogP contribution in [0.1, 0.15) is 51.4 Å². The van der Waals surface area contributed by atoms with Gasteiger partial charge in [-0.3, -0.25) is 4.99 Å². The monoisotopic (exact) mass is 481 g/mol. The Balaban J connectivity index is 0.00000243. The second-order valence-electron chi connectivity index (χ2n) is 7.37. The minimum atomic E-state index is 0. The number of halogens is 1. The highest BCUT2D eigenvalue weighted by Crippen LogP contribution is 2.21. The van der Waals surface area contributed by atoms with Gasteiger partial charge in [0.05, 0.1) is 25.4 Å². The standard InChI is InChI=1S/C19H35N3O3.HI/c1-20-19(21-10-13-23-16-7-4-2-3-5-8-16)22-11-14-25-18(15-22)17-9-6-12-24-17;/h16-18H,2-15H2,1H3,(H,20,21);1H. The molecule has 0 aromatic rings. The minimum Gasteiger partial charge on any atom is -0.376 e. The van der Waals surface area contributed by atoms with E-state index in [9.17, 15) is 0 Å². The molecule has 3 rings (SSSR count). The van der Waals surface area contributed by atoms with Gasteiger partial charge in [-0.05, 0) is 25.7 Å². The SMILES string of the molecule is CN=C(NCCOC1CCCCCC1)N1CCOC(C2CCCO2)C1.I. The zero-order chi connectivity index (χ0) is 17.3. The highest BCUT2D eigenvalue weighted by Gasteiger charge is 2.32. The molecule has 6 nitrogen and oxygen atoms in total. The third-order valence-electron chi connectivity index (χ3n) is 5.53. The molecule has 7 heteroatoms. The molecular formula is C19H36IN3O3. The third-order valence-corrected chi connectivity index (χ3v) is 5.53. The van der Waals surface area contributed by atoms with E-state index in [1.54, 1.807) is 0 Å². The van der Waals surface area contributed by atoms with Gasteiger partial charge in [0.15, 0.2) is 5.96 Å². The quantitative estimate of drug-likeness (QED) is 0.215. The van der Waals surface area contributed by atoms with Crippen LogP contribution in [0.2, 0.25) is 0 Å². The van der Waals surface area contributed by atoms with E-state index < -0.39 is 0 Å². The summed E-state index contributed by atoms with van der Waals surface area (Å²) in [5.74, 6) is 0.954. The number of hydrogen-bond acceptors (Lipinski definition) is 4. The van der Waals surface area contributed by atoms with Gasteiger partial charge in [-0.1, -0.05) is 25.7 Å². The van der Waals surface area contributed by atoms with Crippen LogP contribution >= 0.6 is 24.0 Å². The van der Waals surface area contributed by atoms with Crippen LogP contribution in [0.15, 0.2) is 4.99 Å². The fraction of sp³-hybridized carbons (Fsp3) is 0.947. The van der Waals surface area contributed by atoms with Crippen molar-refractivity contribution in [3.8, 4) is 0 Å². The molecule has 0 bridgehead atoms. The van der Waals surface area contributed by atoms with Gasteiger partial charge in [0.1, 0.15) is 6.10 Å². The van der Waals surface area contributed by atoms with Crippen LogP contribution in [0.5, 0.6) is 0 Å². The van der Waals surface area contributed by atoms with Gasteiger partial charge < -0.3 is 24.4 Å². The maximum Gasteiger partial charge on any atom is 0.193 e. The van der Waals surface area contributed by atoms with Gasteiger partial charge in [0.2, 0.25) is 0 Å². The van der Waals surface area contributed by atoms with E-state index in [2.05, 4.69) is 15.2 Å². The van der Waals surface area contributed by atoms with E-state index >= 15 is 0 Å². The molecule has 2 saturated heterocycles. The van der Waals surface area contributed by atoms with Crippen molar-refractivity contribution in [2.75, 3.05) is 46.5 Å². The maximum atomic E-state index is 6.07. The average Bonchev–Trinajstić information content (AvgIpc) is 3.07. The summed E-state index contributed by atoms with van der Waals surface area (Å²) in [5.41, 5.74) is 0. The smallest absolute Gasteiger partial charge is 0.193 e. The van der Waals surface area contributed by atoms with Gasteiger partial charge in [-0.2, -0.15) is 0 Å². The zero-order valence-electron chi connectivity index (χ0n) is 16.2. The van der Waals surface area contributed by atoms with Crippen LogP contribution in [-0.2, 0) is 14.2 Å². The number of guanidine groups is 1. The van der Waals surface area contributed by atoms with Crippen molar-refractivity contribution in [3.05, 3.63) is 0 Å². The van der Waals surface area contributed by atoms with Gasteiger partial charge >= 0.3 is 0 Å². The Morgan fingerprint density at radius 3 is 2.50 bits per heavy atom. The van der Waals surface area contributed by atoms with Crippen LogP contribution in [0.25, 0.3) is 0 Å². The van der Waals surface area contributed by atoms with E-state index in [-0.39, 0.29) is 36.2 Å². The van der Waals surface area contributed by atoms with E-state index in [1.165, 1.54) is 38.5 Å². The van der Waals surface area contributed by atoms with E-state index in [0.717, 1.165) is 58.3 Å². The Morgan fingerprint density at radius 2 is 1.81 bits per heavy atom. The Kier molecular flexibility index (Phi) is 10.5. The minimum absolute atomic E-state index is 0. The first-order chi connectivity index (χ1) is 12.4. The fourth-order valence-electron chi connectivity index (χ4n) is 4.12.